The van der Waals surface area contributed by atoms with Gasteiger partial charge in [0, 0.05) is 12.0 Å². The van der Waals surface area contributed by atoms with Crippen molar-refractivity contribution in [2.75, 3.05) is 0 Å². The van der Waals surface area contributed by atoms with Crippen LogP contribution in [0.5, 0.6) is 0 Å². The average Bonchev–Trinajstić information content (AvgIpc) is 3.03. The van der Waals surface area contributed by atoms with Crippen molar-refractivity contribution in [1.82, 2.24) is 4.90 Å². The maximum absolute atomic E-state index is 12.4. The highest BCUT2D eigenvalue weighted by Gasteiger charge is 2.52. The number of amides is 2. The fourth-order valence-corrected chi connectivity index (χ4v) is 4.08. The molecule has 0 unspecified atom stereocenters. The van der Waals surface area contributed by atoms with E-state index in [9.17, 15) is 14.7 Å². The molecule has 3 aliphatic rings. The highest BCUT2D eigenvalue weighted by molar-refractivity contribution is 6.21. The summed E-state index contributed by atoms with van der Waals surface area (Å²) < 4.78 is 0. The average molecular weight is 257 g/mol. The Hall–Kier alpha value is -1.68. The standard InChI is InChI=1S/C15H15NO3/c17-13-7-8-5-11(13)12(6-8)16-14(18)9-3-1-2-4-10(9)15(16)19/h1-4,8,11-13,17H,5-7H2/t8-,11+,12+,13-/m0/s1. The molecule has 4 nitrogen and oxygen atoms in total. The first-order valence-corrected chi connectivity index (χ1v) is 6.82. The van der Waals surface area contributed by atoms with E-state index in [0.29, 0.717) is 17.0 Å². The van der Waals surface area contributed by atoms with E-state index < -0.39 is 0 Å². The zero-order valence-corrected chi connectivity index (χ0v) is 10.5. The van der Waals surface area contributed by atoms with E-state index in [4.69, 9.17) is 0 Å². The number of aliphatic hydroxyl groups is 1. The second-order valence-corrected chi connectivity index (χ2v) is 5.90. The van der Waals surface area contributed by atoms with Crippen LogP contribution in [0.2, 0.25) is 0 Å². The van der Waals surface area contributed by atoms with Crippen molar-refractivity contribution in [3.05, 3.63) is 35.4 Å². The predicted molar refractivity (Wildman–Crippen MR) is 67.6 cm³/mol. The molecule has 1 aromatic carbocycles. The van der Waals surface area contributed by atoms with Gasteiger partial charge in [0.05, 0.1) is 17.2 Å². The molecular formula is C15H15NO3. The first-order chi connectivity index (χ1) is 9.16. The third kappa shape index (κ3) is 1.38. The zero-order valence-electron chi connectivity index (χ0n) is 10.5. The van der Waals surface area contributed by atoms with Gasteiger partial charge in [0.1, 0.15) is 0 Å². The molecule has 4 atom stereocenters. The number of carbonyl (C=O) groups excluding carboxylic acids is 2. The van der Waals surface area contributed by atoms with Gasteiger partial charge in [-0.25, -0.2) is 0 Å². The summed E-state index contributed by atoms with van der Waals surface area (Å²) in [6, 6.07) is 6.87. The molecule has 0 saturated heterocycles. The lowest BCUT2D eigenvalue weighted by molar-refractivity contribution is 0.0336. The Kier molecular flexibility index (Phi) is 2.16. The number of nitrogens with zero attached hydrogens (tertiary/aromatic N) is 1. The Morgan fingerprint density at radius 2 is 1.63 bits per heavy atom. The number of rotatable bonds is 1. The van der Waals surface area contributed by atoms with Crippen molar-refractivity contribution in [3.8, 4) is 0 Å². The second kappa shape index (κ2) is 3.67. The molecule has 1 aliphatic heterocycles. The van der Waals surface area contributed by atoms with Crippen LogP contribution in [-0.4, -0.2) is 34.0 Å². The van der Waals surface area contributed by atoms with Crippen molar-refractivity contribution in [2.24, 2.45) is 11.8 Å². The largest absolute Gasteiger partial charge is 0.393 e. The van der Waals surface area contributed by atoms with Crippen molar-refractivity contribution < 1.29 is 14.7 Å². The van der Waals surface area contributed by atoms with E-state index in [-0.39, 0.29) is 29.9 Å². The maximum Gasteiger partial charge on any atom is 0.261 e. The molecule has 2 saturated carbocycles. The molecule has 2 amide bonds. The van der Waals surface area contributed by atoms with Crippen LogP contribution >= 0.6 is 0 Å². The number of hydrogen-bond donors (Lipinski definition) is 1. The molecule has 0 spiro atoms. The lowest BCUT2D eigenvalue weighted by Crippen LogP contribution is -2.46. The molecule has 2 aliphatic carbocycles. The van der Waals surface area contributed by atoms with Crippen LogP contribution in [-0.2, 0) is 0 Å². The lowest BCUT2D eigenvalue weighted by atomic mass is 9.91. The summed E-state index contributed by atoms with van der Waals surface area (Å²) in [5.74, 6) is 0.164. The van der Waals surface area contributed by atoms with Crippen molar-refractivity contribution in [2.45, 2.75) is 31.4 Å². The topological polar surface area (TPSA) is 57.6 Å². The minimum atomic E-state index is -0.354. The van der Waals surface area contributed by atoms with Gasteiger partial charge in [-0.1, -0.05) is 12.1 Å². The summed E-state index contributed by atoms with van der Waals surface area (Å²) >= 11 is 0. The van der Waals surface area contributed by atoms with E-state index in [1.807, 2.05) is 0 Å². The Labute approximate surface area is 111 Å². The van der Waals surface area contributed by atoms with Gasteiger partial charge in [-0.2, -0.15) is 0 Å². The van der Waals surface area contributed by atoms with Gasteiger partial charge in [-0.15, -0.1) is 0 Å². The smallest absolute Gasteiger partial charge is 0.261 e. The fraction of sp³-hybridized carbons (Fsp3) is 0.467. The van der Waals surface area contributed by atoms with Crippen molar-refractivity contribution in [3.63, 3.8) is 0 Å². The highest BCUT2D eigenvalue weighted by atomic mass is 16.3. The number of aliphatic hydroxyl groups excluding tert-OH is 1. The molecule has 1 heterocycles. The summed E-state index contributed by atoms with van der Waals surface area (Å²) in [4.78, 5) is 26.2. The minimum absolute atomic E-state index is 0.0761. The van der Waals surface area contributed by atoms with E-state index in [0.717, 1.165) is 19.3 Å². The zero-order chi connectivity index (χ0) is 13.1. The SMILES string of the molecule is O=C1c2ccccc2C(=O)N1[C@@H]1C[C@@H]2C[C@H]1[C@@H](O)C2. The lowest BCUT2D eigenvalue weighted by Gasteiger charge is -2.32. The van der Waals surface area contributed by atoms with Gasteiger partial charge < -0.3 is 5.11 Å². The van der Waals surface area contributed by atoms with Crippen LogP contribution in [0.4, 0.5) is 0 Å². The van der Waals surface area contributed by atoms with Crippen molar-refractivity contribution in [1.29, 1.82) is 0 Å². The molecule has 98 valence electrons. The summed E-state index contributed by atoms with van der Waals surface area (Å²) in [7, 11) is 0. The van der Waals surface area contributed by atoms with Gasteiger partial charge in [0.25, 0.3) is 11.8 Å². The maximum atomic E-state index is 12.4. The normalized spacial score (nSPS) is 36.2. The molecule has 2 bridgehead atoms. The number of benzene rings is 1. The molecule has 0 radical (unpaired) electrons. The van der Waals surface area contributed by atoms with E-state index >= 15 is 0 Å². The fourth-order valence-electron chi connectivity index (χ4n) is 4.08. The van der Waals surface area contributed by atoms with Crippen LogP contribution in [0.3, 0.4) is 0 Å². The third-order valence-corrected chi connectivity index (χ3v) is 4.90. The molecule has 19 heavy (non-hydrogen) atoms. The van der Waals surface area contributed by atoms with Gasteiger partial charge in [-0.05, 0) is 37.3 Å². The summed E-state index contributed by atoms with van der Waals surface area (Å²) in [5, 5.41) is 9.99. The van der Waals surface area contributed by atoms with E-state index in [1.54, 1.807) is 24.3 Å². The summed E-state index contributed by atoms with van der Waals surface area (Å²) in [6.45, 7) is 0. The van der Waals surface area contributed by atoms with E-state index in [1.165, 1.54) is 4.90 Å². The quantitative estimate of drug-likeness (QED) is 0.774. The van der Waals surface area contributed by atoms with Crippen LogP contribution in [0.1, 0.15) is 40.0 Å². The molecular weight excluding hydrogens is 242 g/mol. The molecule has 0 aromatic heterocycles. The number of imide groups is 1. The van der Waals surface area contributed by atoms with E-state index in [2.05, 4.69) is 0 Å². The summed E-state index contributed by atoms with van der Waals surface area (Å²) in [6.07, 6.45) is 2.27. The molecule has 1 aromatic rings. The van der Waals surface area contributed by atoms with Gasteiger partial charge in [0.2, 0.25) is 0 Å². The van der Waals surface area contributed by atoms with Crippen LogP contribution in [0.15, 0.2) is 24.3 Å². The highest BCUT2D eigenvalue weighted by Crippen LogP contribution is 2.48. The minimum Gasteiger partial charge on any atom is -0.393 e. The molecule has 2 fully saturated rings. The Balaban J connectivity index is 1.71. The van der Waals surface area contributed by atoms with Gasteiger partial charge in [0.15, 0.2) is 0 Å². The summed E-state index contributed by atoms with van der Waals surface area (Å²) in [5.41, 5.74) is 1.01. The first-order valence-electron chi connectivity index (χ1n) is 6.82. The van der Waals surface area contributed by atoms with Crippen LogP contribution in [0.25, 0.3) is 0 Å². The van der Waals surface area contributed by atoms with Crippen molar-refractivity contribution >= 4 is 11.8 Å². The van der Waals surface area contributed by atoms with Gasteiger partial charge >= 0.3 is 0 Å². The molecule has 4 heteroatoms. The Bertz CT molecular complexity index is 548. The number of hydrogen-bond acceptors (Lipinski definition) is 3. The molecule has 4 rings (SSSR count). The Morgan fingerprint density at radius 1 is 1.00 bits per heavy atom. The number of carbonyl (C=O) groups is 2. The molecule has 1 N–H and O–H groups in total. The predicted octanol–water partition coefficient (Wildman–Crippen LogP) is 1.44. The Morgan fingerprint density at radius 3 is 2.16 bits per heavy atom. The first kappa shape index (κ1) is 11.2. The van der Waals surface area contributed by atoms with Gasteiger partial charge in [-0.3, -0.25) is 14.5 Å². The number of fused-ring (bicyclic) bond motifs is 3. The monoisotopic (exact) mass is 257 g/mol. The third-order valence-electron chi connectivity index (χ3n) is 4.90. The second-order valence-electron chi connectivity index (χ2n) is 5.90. The van der Waals surface area contributed by atoms with Crippen LogP contribution in [0, 0.1) is 11.8 Å². The van der Waals surface area contributed by atoms with Crippen LogP contribution < -0.4 is 0 Å².